The highest BCUT2D eigenvalue weighted by Gasteiger charge is 2.26. The van der Waals surface area contributed by atoms with Crippen LogP contribution in [0.25, 0.3) is 5.69 Å². The van der Waals surface area contributed by atoms with Gasteiger partial charge in [-0.1, -0.05) is 13.8 Å². The molecule has 3 heterocycles. The summed E-state index contributed by atoms with van der Waals surface area (Å²) in [7, 11) is 0. The first-order valence-electron chi connectivity index (χ1n) is 10.7. The van der Waals surface area contributed by atoms with E-state index >= 15 is 0 Å². The molecule has 1 aliphatic heterocycles. The maximum absolute atomic E-state index is 13.3. The third-order valence-corrected chi connectivity index (χ3v) is 5.60. The summed E-state index contributed by atoms with van der Waals surface area (Å²) in [5.74, 6) is 0.0682. The van der Waals surface area contributed by atoms with E-state index in [0.717, 1.165) is 23.2 Å². The molecule has 0 saturated heterocycles. The summed E-state index contributed by atoms with van der Waals surface area (Å²) >= 11 is 0. The molecule has 4 rings (SSSR count). The fraction of sp³-hybridized carbons (Fsp3) is 0.375. The van der Waals surface area contributed by atoms with Crippen LogP contribution in [0.3, 0.4) is 0 Å². The number of amides is 1. The van der Waals surface area contributed by atoms with Crippen LogP contribution < -0.4 is 5.56 Å². The molecule has 2 aromatic heterocycles. The molecule has 0 spiro atoms. The molecule has 0 bridgehead atoms. The largest absolute Gasteiger partial charge is 0.333 e. The van der Waals surface area contributed by atoms with Crippen molar-refractivity contribution in [1.82, 2.24) is 19.2 Å². The minimum Gasteiger partial charge on any atom is -0.333 e. The number of hydrogen-bond acceptors (Lipinski definition) is 3. The molecule has 0 atom stereocenters. The summed E-state index contributed by atoms with van der Waals surface area (Å²) < 4.78 is 16.5. The summed E-state index contributed by atoms with van der Waals surface area (Å²) in [6.45, 7) is 7.86. The van der Waals surface area contributed by atoms with Gasteiger partial charge in [0.2, 0.25) is 0 Å². The van der Waals surface area contributed by atoms with E-state index in [1.54, 1.807) is 29.1 Å². The second-order valence-corrected chi connectivity index (χ2v) is 8.42. The first kappa shape index (κ1) is 21.0. The van der Waals surface area contributed by atoms with Crippen molar-refractivity contribution >= 4 is 5.91 Å². The predicted molar refractivity (Wildman–Crippen MR) is 117 cm³/mol. The van der Waals surface area contributed by atoms with Gasteiger partial charge >= 0.3 is 0 Å². The van der Waals surface area contributed by atoms with Gasteiger partial charge in [-0.05, 0) is 67.1 Å². The van der Waals surface area contributed by atoms with Crippen LogP contribution in [0.15, 0.2) is 47.4 Å². The fourth-order valence-corrected chi connectivity index (χ4v) is 4.07. The van der Waals surface area contributed by atoms with Crippen LogP contribution in [0.1, 0.15) is 48.1 Å². The zero-order valence-corrected chi connectivity index (χ0v) is 18.1. The Kier molecular flexibility index (Phi) is 5.76. The van der Waals surface area contributed by atoms with Crippen LogP contribution in [-0.4, -0.2) is 31.7 Å². The molecule has 0 saturated carbocycles. The number of hydrogen-bond donors (Lipinski definition) is 0. The van der Waals surface area contributed by atoms with Gasteiger partial charge in [0.1, 0.15) is 11.5 Å². The van der Waals surface area contributed by atoms with Crippen molar-refractivity contribution in [3.8, 4) is 5.69 Å². The molecule has 0 fully saturated rings. The Morgan fingerprint density at radius 2 is 1.90 bits per heavy atom. The number of benzene rings is 1. The Bertz CT molecular complexity index is 1160. The standard InChI is InChI=1S/C24H27FN4O2/c1-4-29-22(13-20(26-29)11-16(2)3)24(31)27-10-9-17-12-23(30)28(15-18(17)14-27)21-7-5-19(25)6-8-21/h5-8,12-13,15-16H,4,9-11,14H2,1-3H3. The zero-order valence-electron chi connectivity index (χ0n) is 18.1. The Morgan fingerprint density at radius 3 is 2.58 bits per heavy atom. The molecule has 31 heavy (non-hydrogen) atoms. The zero-order chi connectivity index (χ0) is 22.1. The van der Waals surface area contributed by atoms with Crippen LogP contribution >= 0.6 is 0 Å². The summed E-state index contributed by atoms with van der Waals surface area (Å²) in [5.41, 5.74) is 3.86. The van der Waals surface area contributed by atoms with E-state index in [9.17, 15) is 14.0 Å². The number of pyridine rings is 1. The van der Waals surface area contributed by atoms with Crippen LogP contribution in [0, 0.1) is 11.7 Å². The lowest BCUT2D eigenvalue weighted by atomic mass is 10.0. The second-order valence-electron chi connectivity index (χ2n) is 8.42. The lowest BCUT2D eigenvalue weighted by Crippen LogP contribution is -2.38. The van der Waals surface area contributed by atoms with Crippen molar-refractivity contribution in [3.05, 3.63) is 81.3 Å². The Morgan fingerprint density at radius 1 is 1.16 bits per heavy atom. The van der Waals surface area contributed by atoms with Crippen LogP contribution in [0.5, 0.6) is 0 Å². The fourth-order valence-electron chi connectivity index (χ4n) is 4.07. The van der Waals surface area contributed by atoms with Gasteiger partial charge < -0.3 is 4.90 Å². The highest BCUT2D eigenvalue weighted by Crippen LogP contribution is 2.21. The molecule has 3 aromatic rings. The third-order valence-electron chi connectivity index (χ3n) is 5.60. The Labute approximate surface area is 180 Å². The highest BCUT2D eigenvalue weighted by atomic mass is 19.1. The monoisotopic (exact) mass is 422 g/mol. The van der Waals surface area contributed by atoms with Gasteiger partial charge in [0.15, 0.2) is 0 Å². The smallest absolute Gasteiger partial charge is 0.272 e. The average Bonchev–Trinajstić information content (AvgIpc) is 3.15. The van der Waals surface area contributed by atoms with E-state index in [1.165, 1.54) is 16.7 Å². The topological polar surface area (TPSA) is 60.1 Å². The Hall–Kier alpha value is -3.22. The van der Waals surface area contributed by atoms with Crippen molar-refractivity contribution in [1.29, 1.82) is 0 Å². The lowest BCUT2D eigenvalue weighted by molar-refractivity contribution is 0.0721. The maximum atomic E-state index is 13.3. The molecule has 162 valence electrons. The molecular formula is C24H27FN4O2. The second kappa shape index (κ2) is 8.49. The Balaban J connectivity index is 1.62. The quantitative estimate of drug-likeness (QED) is 0.631. The minimum atomic E-state index is -0.351. The molecular weight excluding hydrogens is 395 g/mol. The molecule has 1 aliphatic rings. The van der Waals surface area contributed by atoms with Gasteiger partial charge in [-0.15, -0.1) is 0 Å². The predicted octanol–water partition coefficient (Wildman–Crippen LogP) is 3.59. The number of carbonyl (C=O) groups is 1. The number of aromatic nitrogens is 3. The van der Waals surface area contributed by atoms with Crippen molar-refractivity contribution in [3.63, 3.8) is 0 Å². The van der Waals surface area contributed by atoms with E-state index in [1.807, 2.05) is 17.9 Å². The maximum Gasteiger partial charge on any atom is 0.272 e. The molecule has 0 unspecified atom stereocenters. The van der Waals surface area contributed by atoms with E-state index < -0.39 is 0 Å². The van der Waals surface area contributed by atoms with Crippen LogP contribution in [-0.2, 0) is 25.9 Å². The third kappa shape index (κ3) is 4.31. The van der Waals surface area contributed by atoms with Crippen molar-refractivity contribution in [2.24, 2.45) is 5.92 Å². The number of nitrogens with zero attached hydrogens (tertiary/aromatic N) is 4. The van der Waals surface area contributed by atoms with E-state index in [4.69, 9.17) is 0 Å². The van der Waals surface area contributed by atoms with Gasteiger partial charge in [0, 0.05) is 37.6 Å². The van der Waals surface area contributed by atoms with Crippen molar-refractivity contribution in [2.45, 2.75) is 46.7 Å². The molecule has 0 aliphatic carbocycles. The summed E-state index contributed by atoms with van der Waals surface area (Å²) in [6, 6.07) is 9.34. The van der Waals surface area contributed by atoms with Gasteiger partial charge in [0.25, 0.3) is 11.5 Å². The summed E-state index contributed by atoms with van der Waals surface area (Å²) in [5, 5.41) is 4.59. The number of rotatable bonds is 5. The first-order valence-corrected chi connectivity index (χ1v) is 10.7. The van der Waals surface area contributed by atoms with E-state index in [2.05, 4.69) is 18.9 Å². The minimum absolute atomic E-state index is 0.0467. The number of fused-ring (bicyclic) bond motifs is 1. The number of carbonyl (C=O) groups excluding carboxylic acids is 1. The van der Waals surface area contributed by atoms with E-state index in [0.29, 0.717) is 43.4 Å². The van der Waals surface area contributed by atoms with Gasteiger partial charge in [-0.25, -0.2) is 4.39 Å². The molecule has 1 amide bonds. The normalized spacial score (nSPS) is 13.5. The molecule has 0 N–H and O–H groups in total. The molecule has 7 heteroatoms. The molecule has 0 radical (unpaired) electrons. The molecule has 6 nitrogen and oxygen atoms in total. The summed E-state index contributed by atoms with van der Waals surface area (Å²) in [6.07, 6.45) is 3.23. The van der Waals surface area contributed by atoms with Crippen LogP contribution in [0.4, 0.5) is 4.39 Å². The SMILES string of the molecule is CCn1nc(CC(C)C)cc1C(=O)N1CCc2cc(=O)n(-c3ccc(F)cc3)cc2C1. The number of aryl methyl sites for hydroxylation is 1. The first-order chi connectivity index (χ1) is 14.9. The average molecular weight is 423 g/mol. The van der Waals surface area contributed by atoms with Crippen LogP contribution in [0.2, 0.25) is 0 Å². The van der Waals surface area contributed by atoms with Gasteiger partial charge in [-0.2, -0.15) is 5.10 Å². The van der Waals surface area contributed by atoms with Crippen molar-refractivity contribution < 1.29 is 9.18 Å². The van der Waals surface area contributed by atoms with Gasteiger partial charge in [-0.3, -0.25) is 18.8 Å². The van der Waals surface area contributed by atoms with Crippen molar-refractivity contribution in [2.75, 3.05) is 6.54 Å². The number of halogens is 1. The summed E-state index contributed by atoms with van der Waals surface area (Å²) in [4.78, 5) is 27.7. The molecule has 1 aromatic carbocycles. The highest BCUT2D eigenvalue weighted by molar-refractivity contribution is 5.93. The van der Waals surface area contributed by atoms with E-state index in [-0.39, 0.29) is 17.3 Å². The lowest BCUT2D eigenvalue weighted by Gasteiger charge is -2.29. The van der Waals surface area contributed by atoms with Gasteiger partial charge in [0.05, 0.1) is 5.69 Å².